The van der Waals surface area contributed by atoms with Gasteiger partial charge in [0.2, 0.25) is 0 Å². The normalized spacial score (nSPS) is 10.6. The zero-order valence-corrected chi connectivity index (χ0v) is 18.5. The number of nitrogens with zero attached hydrogens (tertiary/aromatic N) is 1. The number of benzene rings is 3. The third-order valence-corrected chi connectivity index (χ3v) is 5.28. The molecule has 0 aromatic heterocycles. The van der Waals surface area contributed by atoms with Gasteiger partial charge in [0.1, 0.15) is 0 Å². The molecule has 0 unspecified atom stereocenters. The molecule has 5 nitrogen and oxygen atoms in total. The summed E-state index contributed by atoms with van der Waals surface area (Å²) >= 11 is 0. The zero-order valence-electron chi connectivity index (χ0n) is 18.5. The number of carbonyl (C=O) groups is 2. The van der Waals surface area contributed by atoms with Crippen LogP contribution in [0.3, 0.4) is 0 Å². The molecule has 3 aromatic rings. The molecule has 3 aromatic carbocycles. The Kier molecular flexibility index (Phi) is 7.08. The van der Waals surface area contributed by atoms with E-state index < -0.39 is 0 Å². The summed E-state index contributed by atoms with van der Waals surface area (Å²) in [6.45, 7) is 9.15. The van der Waals surface area contributed by atoms with E-state index in [9.17, 15) is 9.59 Å². The van der Waals surface area contributed by atoms with Gasteiger partial charge in [-0.3, -0.25) is 9.59 Å². The minimum atomic E-state index is -0.211. The van der Waals surface area contributed by atoms with Gasteiger partial charge < -0.3 is 15.5 Å². The second-order valence-electron chi connectivity index (χ2n) is 7.68. The van der Waals surface area contributed by atoms with E-state index in [-0.39, 0.29) is 11.8 Å². The number of anilines is 3. The van der Waals surface area contributed by atoms with E-state index in [0.717, 1.165) is 23.5 Å². The fraction of sp³-hybridized carbons (Fsp3) is 0.231. The Morgan fingerprint density at radius 2 is 1.52 bits per heavy atom. The van der Waals surface area contributed by atoms with Gasteiger partial charge in [0.05, 0.1) is 0 Å². The van der Waals surface area contributed by atoms with Gasteiger partial charge in [-0.15, -0.1) is 0 Å². The van der Waals surface area contributed by atoms with Crippen LogP contribution >= 0.6 is 0 Å². The molecule has 160 valence electrons. The van der Waals surface area contributed by atoms with E-state index in [1.807, 2.05) is 61.5 Å². The van der Waals surface area contributed by atoms with E-state index in [0.29, 0.717) is 22.9 Å². The zero-order chi connectivity index (χ0) is 22.4. The fourth-order valence-corrected chi connectivity index (χ4v) is 3.58. The molecule has 0 fully saturated rings. The molecular weight excluding hydrogens is 386 g/mol. The lowest BCUT2D eigenvalue weighted by atomic mass is 10.1. The number of nitrogens with one attached hydrogen (secondary N) is 2. The average Bonchev–Trinajstić information content (AvgIpc) is 2.76. The second-order valence-corrected chi connectivity index (χ2v) is 7.68. The van der Waals surface area contributed by atoms with Crippen molar-refractivity contribution in [3.63, 3.8) is 0 Å². The second kappa shape index (κ2) is 9.94. The van der Waals surface area contributed by atoms with Crippen LogP contribution in [0.2, 0.25) is 0 Å². The first kappa shape index (κ1) is 22.1. The van der Waals surface area contributed by atoms with Gasteiger partial charge in [0.15, 0.2) is 0 Å². The Morgan fingerprint density at radius 1 is 0.839 bits per heavy atom. The Labute approximate surface area is 184 Å². The molecule has 2 amide bonds. The third kappa shape index (κ3) is 5.31. The van der Waals surface area contributed by atoms with Crippen LogP contribution in [0.25, 0.3) is 0 Å². The minimum Gasteiger partial charge on any atom is -0.369 e. The van der Waals surface area contributed by atoms with Crippen molar-refractivity contribution in [3.05, 3.63) is 89.5 Å². The minimum absolute atomic E-state index is 0.206. The van der Waals surface area contributed by atoms with Crippen molar-refractivity contribution >= 4 is 28.9 Å². The molecule has 31 heavy (non-hydrogen) atoms. The highest BCUT2D eigenvalue weighted by Crippen LogP contribution is 2.22. The maximum atomic E-state index is 12.8. The van der Waals surface area contributed by atoms with Crippen LogP contribution in [0.4, 0.5) is 17.1 Å². The van der Waals surface area contributed by atoms with Gasteiger partial charge in [0, 0.05) is 40.8 Å². The topological polar surface area (TPSA) is 61.4 Å². The van der Waals surface area contributed by atoms with Crippen LogP contribution in [-0.4, -0.2) is 24.4 Å². The van der Waals surface area contributed by atoms with Crippen molar-refractivity contribution in [2.75, 3.05) is 22.1 Å². The number of amides is 2. The molecular formula is C26H29N3O2. The largest absolute Gasteiger partial charge is 0.369 e. The summed E-state index contributed by atoms with van der Waals surface area (Å²) in [6.07, 6.45) is 0. The van der Waals surface area contributed by atoms with Crippen molar-refractivity contribution < 1.29 is 9.59 Å². The van der Waals surface area contributed by atoms with Crippen molar-refractivity contribution in [3.8, 4) is 0 Å². The highest BCUT2D eigenvalue weighted by molar-refractivity contribution is 6.08. The van der Waals surface area contributed by atoms with Crippen molar-refractivity contribution in [1.29, 1.82) is 0 Å². The lowest BCUT2D eigenvalue weighted by Crippen LogP contribution is -2.30. The molecule has 0 aliphatic carbocycles. The molecule has 0 radical (unpaired) electrons. The van der Waals surface area contributed by atoms with Crippen molar-refractivity contribution in [2.45, 2.75) is 33.7 Å². The molecule has 0 spiro atoms. The van der Waals surface area contributed by atoms with E-state index >= 15 is 0 Å². The Hall–Kier alpha value is -3.60. The molecule has 3 rings (SSSR count). The highest BCUT2D eigenvalue weighted by Gasteiger charge is 2.15. The molecule has 0 saturated heterocycles. The summed E-state index contributed by atoms with van der Waals surface area (Å²) in [7, 11) is 0. The summed E-state index contributed by atoms with van der Waals surface area (Å²) in [6, 6.07) is 22.6. The Balaban J connectivity index is 1.74. The van der Waals surface area contributed by atoms with Crippen LogP contribution in [0.5, 0.6) is 0 Å². The van der Waals surface area contributed by atoms with E-state index in [2.05, 4.69) is 36.3 Å². The van der Waals surface area contributed by atoms with Gasteiger partial charge in [-0.2, -0.15) is 0 Å². The van der Waals surface area contributed by atoms with Crippen molar-refractivity contribution in [2.24, 2.45) is 0 Å². The van der Waals surface area contributed by atoms with Crippen LogP contribution in [0.15, 0.2) is 72.8 Å². The number of hydrogen-bond acceptors (Lipinski definition) is 3. The van der Waals surface area contributed by atoms with E-state index in [1.54, 1.807) is 18.2 Å². The molecule has 5 heteroatoms. The van der Waals surface area contributed by atoms with Crippen LogP contribution < -0.4 is 15.5 Å². The first-order valence-electron chi connectivity index (χ1n) is 10.5. The standard InChI is InChI=1S/C26H29N3O2/c1-5-29(18(2)3)22-16-14-20(15-17-22)25(30)28-24-13-9-12-23(19(24)4)26(31)27-21-10-7-6-8-11-21/h6-18H,5H2,1-4H3,(H,27,31)(H,28,30). The smallest absolute Gasteiger partial charge is 0.256 e. The summed E-state index contributed by atoms with van der Waals surface area (Å²) in [4.78, 5) is 27.8. The van der Waals surface area contributed by atoms with Gasteiger partial charge in [-0.05, 0) is 81.8 Å². The Bertz CT molecular complexity index is 1040. The maximum absolute atomic E-state index is 12.8. The third-order valence-electron chi connectivity index (χ3n) is 5.28. The lowest BCUT2D eigenvalue weighted by Gasteiger charge is -2.27. The summed E-state index contributed by atoms with van der Waals surface area (Å²) in [5.74, 6) is -0.416. The average molecular weight is 416 g/mol. The van der Waals surface area contributed by atoms with E-state index in [1.165, 1.54) is 0 Å². The maximum Gasteiger partial charge on any atom is 0.256 e. The predicted octanol–water partition coefficient (Wildman–Crippen LogP) is 5.73. The predicted molar refractivity (Wildman–Crippen MR) is 128 cm³/mol. The quantitative estimate of drug-likeness (QED) is 0.518. The van der Waals surface area contributed by atoms with Crippen LogP contribution in [-0.2, 0) is 0 Å². The number of para-hydroxylation sites is 1. The summed E-state index contributed by atoms with van der Waals surface area (Å²) in [5.41, 5.74) is 4.24. The fourth-order valence-electron chi connectivity index (χ4n) is 3.58. The van der Waals surface area contributed by atoms with Gasteiger partial charge in [0.25, 0.3) is 11.8 Å². The number of hydrogen-bond donors (Lipinski definition) is 2. The van der Waals surface area contributed by atoms with E-state index in [4.69, 9.17) is 0 Å². The first-order chi connectivity index (χ1) is 14.9. The van der Waals surface area contributed by atoms with Crippen molar-refractivity contribution in [1.82, 2.24) is 0 Å². The van der Waals surface area contributed by atoms with Gasteiger partial charge >= 0.3 is 0 Å². The molecule has 0 heterocycles. The SMILES string of the molecule is CCN(c1ccc(C(=O)Nc2cccc(C(=O)Nc3ccccc3)c2C)cc1)C(C)C. The molecule has 0 atom stereocenters. The summed E-state index contributed by atoms with van der Waals surface area (Å²) < 4.78 is 0. The molecule has 2 N–H and O–H groups in total. The molecule has 0 aliphatic heterocycles. The Morgan fingerprint density at radius 3 is 2.13 bits per heavy atom. The van der Waals surface area contributed by atoms with Crippen LogP contribution in [0, 0.1) is 6.92 Å². The number of carbonyl (C=O) groups excluding carboxylic acids is 2. The molecule has 0 bridgehead atoms. The monoisotopic (exact) mass is 415 g/mol. The molecule has 0 saturated carbocycles. The summed E-state index contributed by atoms with van der Waals surface area (Å²) in [5, 5.41) is 5.82. The van der Waals surface area contributed by atoms with Gasteiger partial charge in [-0.1, -0.05) is 24.3 Å². The van der Waals surface area contributed by atoms with Crippen LogP contribution in [0.1, 0.15) is 47.1 Å². The first-order valence-corrected chi connectivity index (χ1v) is 10.5. The highest BCUT2D eigenvalue weighted by atomic mass is 16.2. The van der Waals surface area contributed by atoms with Gasteiger partial charge in [-0.25, -0.2) is 0 Å². The lowest BCUT2D eigenvalue weighted by molar-refractivity contribution is 0.101. The molecule has 0 aliphatic rings. The number of rotatable bonds is 7.